The largest absolute Gasteiger partial charge is 0.508 e. The molecule has 0 bridgehead atoms. The van der Waals surface area contributed by atoms with Crippen LogP contribution in [0.25, 0.3) is 6.08 Å². The maximum atomic E-state index is 11.7. The number of carbonyl (C=O) groups is 1. The van der Waals surface area contributed by atoms with E-state index in [4.69, 9.17) is 0 Å². The summed E-state index contributed by atoms with van der Waals surface area (Å²) in [5.74, 6) is -0.0904. The van der Waals surface area contributed by atoms with Crippen molar-refractivity contribution in [2.45, 2.75) is 58.3 Å². The van der Waals surface area contributed by atoms with Crippen LogP contribution in [0, 0.1) is 0 Å². The first-order chi connectivity index (χ1) is 11.1. The molecular weight excluding hydrogens is 290 g/mol. The number of phenolic OH excluding ortho intramolecular Hbond substituents is 2. The zero-order valence-electron chi connectivity index (χ0n) is 14.1. The Morgan fingerprint density at radius 1 is 1.04 bits per heavy atom. The van der Waals surface area contributed by atoms with Gasteiger partial charge in [0.25, 0.3) is 0 Å². The van der Waals surface area contributed by atoms with Crippen LogP contribution in [0.15, 0.2) is 24.3 Å². The highest BCUT2D eigenvalue weighted by molar-refractivity contribution is 5.92. The van der Waals surface area contributed by atoms with Crippen molar-refractivity contribution in [3.8, 4) is 11.5 Å². The number of hydrogen-bond acceptors (Lipinski definition) is 3. The SMILES string of the molecule is CCCCCCCCCCNC(=O)C=Cc1cc(O)ccc1O. The zero-order valence-corrected chi connectivity index (χ0v) is 14.1. The van der Waals surface area contributed by atoms with Gasteiger partial charge in [0.1, 0.15) is 11.5 Å². The molecule has 4 nitrogen and oxygen atoms in total. The number of carbonyl (C=O) groups excluding carboxylic acids is 1. The molecule has 4 heteroatoms. The third-order valence-corrected chi connectivity index (χ3v) is 3.75. The molecule has 0 aromatic heterocycles. The first-order valence-corrected chi connectivity index (χ1v) is 8.61. The van der Waals surface area contributed by atoms with Crippen LogP contribution in [-0.2, 0) is 4.79 Å². The number of rotatable bonds is 11. The maximum Gasteiger partial charge on any atom is 0.244 e. The van der Waals surface area contributed by atoms with E-state index in [9.17, 15) is 15.0 Å². The van der Waals surface area contributed by atoms with E-state index in [0.717, 1.165) is 12.8 Å². The summed E-state index contributed by atoms with van der Waals surface area (Å²) in [5.41, 5.74) is 0.423. The van der Waals surface area contributed by atoms with E-state index < -0.39 is 0 Å². The highest BCUT2D eigenvalue weighted by Crippen LogP contribution is 2.23. The fourth-order valence-electron chi connectivity index (χ4n) is 2.37. The average molecular weight is 319 g/mol. The van der Waals surface area contributed by atoms with E-state index in [1.165, 1.54) is 68.9 Å². The molecule has 1 amide bonds. The van der Waals surface area contributed by atoms with Crippen molar-refractivity contribution in [2.24, 2.45) is 0 Å². The van der Waals surface area contributed by atoms with Gasteiger partial charge in [-0.05, 0) is 30.7 Å². The summed E-state index contributed by atoms with van der Waals surface area (Å²) in [6, 6.07) is 4.21. The lowest BCUT2D eigenvalue weighted by atomic mass is 10.1. The molecule has 0 radical (unpaired) electrons. The van der Waals surface area contributed by atoms with E-state index in [2.05, 4.69) is 12.2 Å². The average Bonchev–Trinajstić information content (AvgIpc) is 2.54. The lowest BCUT2D eigenvalue weighted by Gasteiger charge is -2.03. The monoisotopic (exact) mass is 319 g/mol. The van der Waals surface area contributed by atoms with Gasteiger partial charge in [0.15, 0.2) is 0 Å². The number of amides is 1. The minimum Gasteiger partial charge on any atom is -0.508 e. The molecule has 1 aromatic rings. The Morgan fingerprint density at radius 2 is 1.70 bits per heavy atom. The van der Waals surface area contributed by atoms with Crippen LogP contribution in [-0.4, -0.2) is 22.7 Å². The van der Waals surface area contributed by atoms with Crippen LogP contribution < -0.4 is 5.32 Å². The second kappa shape index (κ2) is 11.6. The van der Waals surface area contributed by atoms with Crippen molar-refractivity contribution in [3.63, 3.8) is 0 Å². The van der Waals surface area contributed by atoms with E-state index in [1.54, 1.807) is 0 Å². The van der Waals surface area contributed by atoms with Gasteiger partial charge in [-0.2, -0.15) is 0 Å². The number of hydrogen-bond donors (Lipinski definition) is 3. The molecule has 0 heterocycles. The minimum atomic E-state index is -0.185. The van der Waals surface area contributed by atoms with Crippen LogP contribution in [0.2, 0.25) is 0 Å². The molecule has 0 aliphatic heterocycles. The van der Waals surface area contributed by atoms with Crippen LogP contribution >= 0.6 is 0 Å². The highest BCUT2D eigenvalue weighted by atomic mass is 16.3. The van der Waals surface area contributed by atoms with Gasteiger partial charge in [0.05, 0.1) is 0 Å². The topological polar surface area (TPSA) is 69.6 Å². The Morgan fingerprint density at radius 3 is 2.39 bits per heavy atom. The highest BCUT2D eigenvalue weighted by Gasteiger charge is 2.00. The number of benzene rings is 1. The van der Waals surface area contributed by atoms with Gasteiger partial charge in [-0.25, -0.2) is 0 Å². The molecule has 0 saturated carbocycles. The van der Waals surface area contributed by atoms with Crippen molar-refractivity contribution >= 4 is 12.0 Å². The van der Waals surface area contributed by atoms with Crippen molar-refractivity contribution < 1.29 is 15.0 Å². The normalized spacial score (nSPS) is 11.0. The number of nitrogens with one attached hydrogen (secondary N) is 1. The van der Waals surface area contributed by atoms with Crippen LogP contribution in [0.3, 0.4) is 0 Å². The summed E-state index contributed by atoms with van der Waals surface area (Å²) < 4.78 is 0. The predicted molar refractivity (Wildman–Crippen MR) is 94.4 cm³/mol. The summed E-state index contributed by atoms with van der Waals surface area (Å²) in [6.07, 6.45) is 12.8. The molecule has 1 aromatic carbocycles. The lowest BCUT2D eigenvalue weighted by Crippen LogP contribution is -2.21. The van der Waals surface area contributed by atoms with E-state index in [0.29, 0.717) is 12.1 Å². The van der Waals surface area contributed by atoms with Gasteiger partial charge in [-0.1, -0.05) is 51.9 Å². The Balaban J connectivity index is 2.12. The predicted octanol–water partition coefficient (Wildman–Crippen LogP) is 4.37. The Labute approximate surface area is 139 Å². The Bertz CT molecular complexity index is 497. The molecule has 0 saturated heterocycles. The van der Waals surface area contributed by atoms with Gasteiger partial charge in [0, 0.05) is 18.2 Å². The van der Waals surface area contributed by atoms with E-state index in [-0.39, 0.29) is 17.4 Å². The van der Waals surface area contributed by atoms with Crippen molar-refractivity contribution in [3.05, 3.63) is 29.8 Å². The second-order valence-electron chi connectivity index (χ2n) is 5.84. The van der Waals surface area contributed by atoms with E-state index >= 15 is 0 Å². The maximum absolute atomic E-state index is 11.7. The van der Waals surface area contributed by atoms with Gasteiger partial charge in [-0.15, -0.1) is 0 Å². The number of unbranched alkanes of at least 4 members (excludes halogenated alkanes) is 7. The van der Waals surface area contributed by atoms with Gasteiger partial charge in [-0.3, -0.25) is 4.79 Å². The fraction of sp³-hybridized carbons (Fsp3) is 0.526. The van der Waals surface area contributed by atoms with Crippen LogP contribution in [0.1, 0.15) is 63.9 Å². The van der Waals surface area contributed by atoms with Gasteiger partial charge >= 0.3 is 0 Å². The number of aromatic hydroxyl groups is 2. The molecular formula is C19H29NO3. The van der Waals surface area contributed by atoms with Gasteiger partial charge < -0.3 is 15.5 Å². The smallest absolute Gasteiger partial charge is 0.244 e. The Hall–Kier alpha value is -1.97. The molecule has 0 spiro atoms. The molecule has 0 aliphatic rings. The second-order valence-corrected chi connectivity index (χ2v) is 5.84. The summed E-state index contributed by atoms with van der Waals surface area (Å²) in [6.45, 7) is 2.89. The molecule has 128 valence electrons. The Kier molecular flexibility index (Phi) is 9.60. The molecule has 0 aliphatic carbocycles. The minimum absolute atomic E-state index is 0.0370. The standard InChI is InChI=1S/C19H29NO3/c1-2-3-4-5-6-7-8-9-14-20-19(23)13-10-16-15-17(21)11-12-18(16)22/h10-13,15,21-22H,2-9,14H2,1H3,(H,20,23). The van der Waals surface area contributed by atoms with Crippen molar-refractivity contribution in [1.29, 1.82) is 0 Å². The summed E-state index contributed by atoms with van der Waals surface area (Å²) in [5, 5.41) is 21.8. The third-order valence-electron chi connectivity index (χ3n) is 3.75. The molecule has 1 rings (SSSR count). The lowest BCUT2D eigenvalue weighted by molar-refractivity contribution is -0.116. The summed E-state index contributed by atoms with van der Waals surface area (Å²) in [4.78, 5) is 11.7. The quantitative estimate of drug-likeness (QED) is 0.322. The van der Waals surface area contributed by atoms with E-state index in [1.807, 2.05) is 0 Å². The molecule has 0 unspecified atom stereocenters. The molecule has 3 N–H and O–H groups in total. The first-order valence-electron chi connectivity index (χ1n) is 8.61. The fourth-order valence-corrected chi connectivity index (χ4v) is 2.37. The third kappa shape index (κ3) is 8.91. The number of phenols is 2. The van der Waals surface area contributed by atoms with Crippen LogP contribution in [0.5, 0.6) is 11.5 Å². The van der Waals surface area contributed by atoms with Gasteiger partial charge in [0.2, 0.25) is 5.91 Å². The van der Waals surface area contributed by atoms with Crippen LogP contribution in [0.4, 0.5) is 0 Å². The molecule has 0 atom stereocenters. The van der Waals surface area contributed by atoms with Crippen molar-refractivity contribution in [2.75, 3.05) is 6.54 Å². The first kappa shape index (κ1) is 19.1. The summed E-state index contributed by atoms with van der Waals surface area (Å²) >= 11 is 0. The molecule has 0 fully saturated rings. The summed E-state index contributed by atoms with van der Waals surface area (Å²) in [7, 11) is 0. The zero-order chi connectivity index (χ0) is 16.9. The van der Waals surface area contributed by atoms with Crippen molar-refractivity contribution in [1.82, 2.24) is 5.32 Å². The molecule has 23 heavy (non-hydrogen) atoms.